The number of carbonyl (C=O) groups is 3. The maximum Gasteiger partial charge on any atom is 0.303 e. The molecule has 21 heavy (non-hydrogen) atoms. The lowest BCUT2D eigenvalue weighted by atomic mass is 9.92. The van der Waals surface area contributed by atoms with Crippen LogP contribution in [0.15, 0.2) is 12.7 Å². The van der Waals surface area contributed by atoms with Crippen LogP contribution < -0.4 is 0 Å². The summed E-state index contributed by atoms with van der Waals surface area (Å²) in [5.74, 6) is -1.54. The maximum atomic E-state index is 11.3. The zero-order chi connectivity index (χ0) is 16.0. The summed E-state index contributed by atoms with van der Waals surface area (Å²) in [6, 6.07) is 0. The Labute approximate surface area is 123 Å². The molecule has 0 unspecified atom stereocenters. The molecule has 0 radical (unpaired) electrons. The second kappa shape index (κ2) is 7.21. The fraction of sp³-hybridized carbons (Fsp3) is 0.643. The van der Waals surface area contributed by atoms with Crippen molar-refractivity contribution in [2.24, 2.45) is 0 Å². The van der Waals surface area contributed by atoms with Crippen LogP contribution in [0.5, 0.6) is 0 Å². The number of carbonyl (C=O) groups excluding carboxylic acids is 3. The van der Waals surface area contributed by atoms with Crippen LogP contribution in [-0.4, -0.2) is 48.9 Å². The van der Waals surface area contributed by atoms with Gasteiger partial charge in [0.2, 0.25) is 0 Å². The van der Waals surface area contributed by atoms with Gasteiger partial charge in [-0.2, -0.15) is 0 Å². The third-order valence-corrected chi connectivity index (χ3v) is 3.01. The Kier molecular flexibility index (Phi) is 5.90. The third-order valence-electron chi connectivity index (χ3n) is 3.01. The molecule has 0 amide bonds. The van der Waals surface area contributed by atoms with Gasteiger partial charge in [0.15, 0.2) is 12.2 Å². The van der Waals surface area contributed by atoms with Crippen LogP contribution >= 0.6 is 0 Å². The highest BCUT2D eigenvalue weighted by molar-refractivity contribution is 5.68. The zero-order valence-corrected chi connectivity index (χ0v) is 12.4. The lowest BCUT2D eigenvalue weighted by Gasteiger charge is -2.33. The highest BCUT2D eigenvalue weighted by Gasteiger charge is 2.54. The summed E-state index contributed by atoms with van der Waals surface area (Å²) in [7, 11) is 0. The molecule has 0 aliphatic carbocycles. The topological polar surface area (TPSA) is 88.1 Å². The smallest absolute Gasteiger partial charge is 0.303 e. The van der Waals surface area contributed by atoms with E-state index in [2.05, 4.69) is 6.58 Å². The molecular formula is C14H20O7. The number of hydrogen-bond donors (Lipinski definition) is 0. The van der Waals surface area contributed by atoms with Gasteiger partial charge in [0.05, 0.1) is 6.61 Å². The van der Waals surface area contributed by atoms with E-state index in [0.717, 1.165) is 0 Å². The van der Waals surface area contributed by atoms with E-state index in [9.17, 15) is 14.4 Å². The molecule has 7 heteroatoms. The van der Waals surface area contributed by atoms with E-state index < -0.39 is 35.7 Å². The van der Waals surface area contributed by atoms with Crippen molar-refractivity contribution in [3.63, 3.8) is 0 Å². The molecule has 1 fully saturated rings. The number of rotatable bonds is 6. The van der Waals surface area contributed by atoms with E-state index in [1.165, 1.54) is 20.8 Å². The maximum absolute atomic E-state index is 11.3. The van der Waals surface area contributed by atoms with Crippen molar-refractivity contribution in [3.05, 3.63) is 12.7 Å². The number of ether oxygens (including phenoxy) is 4. The molecule has 0 N–H and O–H groups in total. The zero-order valence-electron chi connectivity index (χ0n) is 12.4. The van der Waals surface area contributed by atoms with Crippen LogP contribution in [0.2, 0.25) is 0 Å². The Morgan fingerprint density at radius 2 is 1.81 bits per heavy atom. The normalized spacial score (nSPS) is 27.8. The molecule has 1 aliphatic rings. The lowest BCUT2D eigenvalue weighted by molar-refractivity contribution is -0.176. The quantitative estimate of drug-likeness (QED) is 0.406. The summed E-state index contributed by atoms with van der Waals surface area (Å²) in [6.07, 6.45) is 0.227. The molecule has 3 atom stereocenters. The summed E-state index contributed by atoms with van der Waals surface area (Å²) in [5, 5.41) is 0. The molecule has 7 nitrogen and oxygen atoms in total. The molecule has 0 aromatic carbocycles. The van der Waals surface area contributed by atoms with Crippen LogP contribution in [0.1, 0.15) is 27.2 Å². The van der Waals surface area contributed by atoms with E-state index >= 15 is 0 Å². The first kappa shape index (κ1) is 17.2. The van der Waals surface area contributed by atoms with Crippen LogP contribution in [0.25, 0.3) is 0 Å². The minimum atomic E-state index is -1.10. The van der Waals surface area contributed by atoms with Gasteiger partial charge in [-0.05, 0) is 0 Å². The van der Waals surface area contributed by atoms with Crippen LogP contribution in [0.3, 0.4) is 0 Å². The second-order valence-electron chi connectivity index (χ2n) is 4.83. The summed E-state index contributed by atoms with van der Waals surface area (Å²) < 4.78 is 21.0. The molecule has 0 aromatic rings. The van der Waals surface area contributed by atoms with E-state index in [4.69, 9.17) is 18.9 Å². The Balaban J connectivity index is 3.00. The Morgan fingerprint density at radius 1 is 1.19 bits per heavy atom. The van der Waals surface area contributed by atoms with Crippen LogP contribution in [-0.2, 0) is 33.3 Å². The summed E-state index contributed by atoms with van der Waals surface area (Å²) >= 11 is 0. The molecule has 1 heterocycles. The number of esters is 3. The van der Waals surface area contributed by atoms with E-state index in [1.807, 2.05) is 0 Å². The predicted octanol–water partition coefficient (Wildman–Crippen LogP) is 0.758. The molecular weight excluding hydrogens is 280 g/mol. The molecule has 1 saturated heterocycles. The van der Waals surface area contributed by atoms with Crippen molar-refractivity contribution in [1.29, 1.82) is 0 Å². The molecule has 1 rings (SSSR count). The van der Waals surface area contributed by atoms with Crippen molar-refractivity contribution in [2.45, 2.75) is 45.0 Å². The van der Waals surface area contributed by atoms with Gasteiger partial charge < -0.3 is 18.9 Å². The second-order valence-corrected chi connectivity index (χ2v) is 4.83. The SMILES string of the molecule is C=CC[C@@]1(COC(C)=O)OC[C@@H](OC(C)=O)[C@@H]1OC(C)=O. The molecule has 1 aliphatic heterocycles. The largest absolute Gasteiger partial charge is 0.463 e. The molecule has 0 aromatic heterocycles. The Morgan fingerprint density at radius 3 is 2.29 bits per heavy atom. The minimum Gasteiger partial charge on any atom is -0.463 e. The van der Waals surface area contributed by atoms with Crippen molar-refractivity contribution in [1.82, 2.24) is 0 Å². The average molecular weight is 300 g/mol. The first-order chi connectivity index (χ1) is 9.80. The Bertz CT molecular complexity index is 431. The average Bonchev–Trinajstić information content (AvgIpc) is 2.66. The first-order valence-electron chi connectivity index (χ1n) is 6.53. The van der Waals surface area contributed by atoms with Gasteiger partial charge in [-0.1, -0.05) is 6.08 Å². The summed E-state index contributed by atoms with van der Waals surface area (Å²) in [6.45, 7) is 7.32. The third kappa shape index (κ3) is 4.56. The van der Waals surface area contributed by atoms with E-state index in [-0.39, 0.29) is 19.6 Å². The lowest BCUT2D eigenvalue weighted by Crippen LogP contribution is -2.50. The van der Waals surface area contributed by atoms with Gasteiger partial charge in [-0.3, -0.25) is 14.4 Å². The highest BCUT2D eigenvalue weighted by Crippen LogP contribution is 2.35. The fourth-order valence-electron chi connectivity index (χ4n) is 2.25. The van der Waals surface area contributed by atoms with Crippen LogP contribution in [0.4, 0.5) is 0 Å². The van der Waals surface area contributed by atoms with Crippen molar-refractivity contribution < 1.29 is 33.3 Å². The van der Waals surface area contributed by atoms with Gasteiger partial charge >= 0.3 is 17.9 Å². The summed E-state index contributed by atoms with van der Waals surface area (Å²) in [5.41, 5.74) is -1.10. The minimum absolute atomic E-state index is 0.0482. The standard InChI is InChI=1S/C14H20O7/c1-5-6-14(8-18-9(2)15)13(21-11(4)17)12(7-19-14)20-10(3)16/h5,12-13H,1,6-8H2,2-4H3/t12-,13+,14+/m1/s1. The van der Waals surface area contributed by atoms with Gasteiger partial charge in [0.1, 0.15) is 12.2 Å². The molecule has 0 bridgehead atoms. The van der Waals surface area contributed by atoms with Gasteiger partial charge in [-0.15, -0.1) is 6.58 Å². The molecule has 118 valence electrons. The van der Waals surface area contributed by atoms with E-state index in [0.29, 0.717) is 0 Å². The molecule has 0 saturated carbocycles. The fourth-order valence-corrected chi connectivity index (χ4v) is 2.25. The highest BCUT2D eigenvalue weighted by atomic mass is 16.6. The van der Waals surface area contributed by atoms with Crippen molar-refractivity contribution in [2.75, 3.05) is 13.2 Å². The van der Waals surface area contributed by atoms with Gasteiger partial charge in [0, 0.05) is 27.2 Å². The van der Waals surface area contributed by atoms with E-state index in [1.54, 1.807) is 6.08 Å². The van der Waals surface area contributed by atoms with Crippen molar-refractivity contribution in [3.8, 4) is 0 Å². The van der Waals surface area contributed by atoms with Crippen molar-refractivity contribution >= 4 is 17.9 Å². The first-order valence-corrected chi connectivity index (χ1v) is 6.53. The predicted molar refractivity (Wildman–Crippen MR) is 71.2 cm³/mol. The monoisotopic (exact) mass is 300 g/mol. The van der Waals surface area contributed by atoms with Gasteiger partial charge in [0.25, 0.3) is 0 Å². The Hall–Kier alpha value is -1.89. The summed E-state index contributed by atoms with van der Waals surface area (Å²) in [4.78, 5) is 33.5. The van der Waals surface area contributed by atoms with Gasteiger partial charge in [-0.25, -0.2) is 0 Å². The number of hydrogen-bond acceptors (Lipinski definition) is 7. The molecule has 0 spiro atoms. The van der Waals surface area contributed by atoms with Crippen LogP contribution in [0, 0.1) is 0 Å².